The summed E-state index contributed by atoms with van der Waals surface area (Å²) in [7, 11) is 3.11. The van der Waals surface area contributed by atoms with Gasteiger partial charge in [0.15, 0.2) is 5.65 Å². The number of hydrogen-bond acceptors (Lipinski definition) is 7. The summed E-state index contributed by atoms with van der Waals surface area (Å²) in [6.07, 6.45) is 0. The summed E-state index contributed by atoms with van der Waals surface area (Å²) in [5.74, 6) is 1.11. The summed E-state index contributed by atoms with van der Waals surface area (Å²) in [4.78, 5) is 20.0. The quantitative estimate of drug-likeness (QED) is 0.483. The van der Waals surface area contributed by atoms with E-state index in [1.54, 1.807) is 25.3 Å². The molecule has 0 fully saturated rings. The molecular weight excluding hydrogens is 378 g/mol. The van der Waals surface area contributed by atoms with Crippen molar-refractivity contribution in [3.05, 3.63) is 42.5 Å². The van der Waals surface area contributed by atoms with Gasteiger partial charge in [0, 0.05) is 17.0 Å². The van der Waals surface area contributed by atoms with Gasteiger partial charge in [-0.3, -0.25) is 4.79 Å². The van der Waals surface area contributed by atoms with E-state index in [9.17, 15) is 4.79 Å². The smallest absolute Gasteiger partial charge is 0.234 e. The molecule has 2 heterocycles. The van der Waals surface area contributed by atoms with Gasteiger partial charge in [-0.1, -0.05) is 30.0 Å². The molecule has 0 saturated heterocycles. The Morgan fingerprint density at radius 3 is 2.82 bits per heavy atom. The highest BCUT2D eigenvalue weighted by molar-refractivity contribution is 7.99. The van der Waals surface area contributed by atoms with Crippen LogP contribution in [0.15, 0.2) is 47.6 Å². The van der Waals surface area contributed by atoms with Gasteiger partial charge in [0.25, 0.3) is 0 Å². The molecule has 0 spiro atoms. The van der Waals surface area contributed by atoms with E-state index in [4.69, 9.17) is 9.47 Å². The molecule has 1 amide bonds. The van der Waals surface area contributed by atoms with E-state index < -0.39 is 0 Å². The first kappa shape index (κ1) is 18.1. The Kier molecular flexibility index (Phi) is 4.98. The lowest BCUT2D eigenvalue weighted by atomic mass is 10.2. The van der Waals surface area contributed by atoms with Crippen LogP contribution in [0.5, 0.6) is 11.5 Å². The third-order valence-corrected chi connectivity index (χ3v) is 4.96. The number of nitrogens with zero attached hydrogens (tertiary/aromatic N) is 3. The van der Waals surface area contributed by atoms with Crippen LogP contribution >= 0.6 is 11.8 Å². The number of aromatic amines is 1. The van der Waals surface area contributed by atoms with Crippen molar-refractivity contribution in [1.29, 1.82) is 0 Å². The van der Waals surface area contributed by atoms with E-state index >= 15 is 0 Å². The van der Waals surface area contributed by atoms with Gasteiger partial charge in [0.05, 0.1) is 25.7 Å². The molecule has 9 heteroatoms. The highest BCUT2D eigenvalue weighted by Crippen LogP contribution is 2.29. The molecule has 4 rings (SSSR count). The predicted octanol–water partition coefficient (Wildman–Crippen LogP) is 3.25. The molecule has 0 bridgehead atoms. The normalized spacial score (nSPS) is 10.9. The number of nitrogens with one attached hydrogen (secondary N) is 2. The molecule has 0 radical (unpaired) electrons. The third-order valence-electron chi connectivity index (χ3n) is 4.12. The van der Waals surface area contributed by atoms with E-state index in [2.05, 4.69) is 25.5 Å². The number of fused-ring (bicyclic) bond motifs is 3. The lowest BCUT2D eigenvalue weighted by Crippen LogP contribution is -2.15. The number of anilines is 1. The van der Waals surface area contributed by atoms with Gasteiger partial charge >= 0.3 is 0 Å². The lowest BCUT2D eigenvalue weighted by molar-refractivity contribution is -0.113. The fourth-order valence-electron chi connectivity index (χ4n) is 2.79. The molecule has 2 aromatic carbocycles. The number of methoxy groups -OCH3 is 2. The van der Waals surface area contributed by atoms with Gasteiger partial charge in [-0.25, -0.2) is 4.98 Å². The number of hydrogen-bond donors (Lipinski definition) is 2. The Balaban J connectivity index is 1.45. The maximum absolute atomic E-state index is 12.3. The van der Waals surface area contributed by atoms with Crippen LogP contribution in [0.2, 0.25) is 0 Å². The van der Waals surface area contributed by atoms with Crippen LogP contribution < -0.4 is 14.8 Å². The van der Waals surface area contributed by atoms with Gasteiger partial charge in [0.1, 0.15) is 17.0 Å². The summed E-state index contributed by atoms with van der Waals surface area (Å²) in [5.41, 5.74) is 2.88. The van der Waals surface area contributed by atoms with Crippen molar-refractivity contribution in [3.63, 3.8) is 0 Å². The largest absolute Gasteiger partial charge is 0.497 e. The second kappa shape index (κ2) is 7.73. The number of H-pyrrole nitrogens is 1. The van der Waals surface area contributed by atoms with Crippen LogP contribution in [0.1, 0.15) is 0 Å². The molecule has 0 atom stereocenters. The van der Waals surface area contributed by atoms with E-state index in [0.29, 0.717) is 33.5 Å². The lowest BCUT2D eigenvalue weighted by Gasteiger charge is -2.11. The third kappa shape index (κ3) is 3.56. The van der Waals surface area contributed by atoms with E-state index in [1.165, 1.54) is 18.9 Å². The Hall–Kier alpha value is -3.33. The molecule has 2 N–H and O–H groups in total. The second-order valence-electron chi connectivity index (χ2n) is 5.87. The van der Waals surface area contributed by atoms with Gasteiger partial charge in [-0.15, -0.1) is 10.2 Å². The molecule has 0 unspecified atom stereocenters. The molecule has 4 aromatic rings. The van der Waals surface area contributed by atoms with Crippen molar-refractivity contribution in [3.8, 4) is 11.5 Å². The summed E-state index contributed by atoms with van der Waals surface area (Å²) in [6.45, 7) is 0. The minimum atomic E-state index is -0.200. The fraction of sp³-hybridized carbons (Fsp3) is 0.158. The SMILES string of the molecule is COc1ccc(NC(=O)CSc2nnc3c(n2)[nH]c2ccccc23)c(OC)c1. The van der Waals surface area contributed by atoms with Crippen molar-refractivity contribution in [2.75, 3.05) is 25.3 Å². The molecule has 2 aromatic heterocycles. The molecule has 8 nitrogen and oxygen atoms in total. The Bertz CT molecular complexity index is 1160. The van der Waals surface area contributed by atoms with Gasteiger partial charge in [-0.05, 0) is 18.2 Å². The average Bonchev–Trinajstić information content (AvgIpc) is 3.10. The van der Waals surface area contributed by atoms with Crippen LogP contribution in [-0.2, 0) is 4.79 Å². The number of ether oxygens (including phenoxy) is 2. The first-order valence-electron chi connectivity index (χ1n) is 8.44. The zero-order valence-corrected chi connectivity index (χ0v) is 16.0. The number of carbonyl (C=O) groups excluding carboxylic acids is 1. The molecule has 0 saturated carbocycles. The standard InChI is InChI=1S/C19H17N5O3S/c1-26-11-7-8-14(15(9-11)27-2)20-16(25)10-28-19-22-18-17(23-24-19)12-5-3-4-6-13(12)21-18/h3-9H,10H2,1-2H3,(H,20,25)(H,21,22,24). The number of thioether (sulfide) groups is 1. The van der Waals surface area contributed by atoms with Gasteiger partial charge in [-0.2, -0.15) is 0 Å². The van der Waals surface area contributed by atoms with Gasteiger partial charge < -0.3 is 19.8 Å². The maximum atomic E-state index is 12.3. The first-order valence-corrected chi connectivity index (χ1v) is 9.42. The van der Waals surface area contributed by atoms with Crippen molar-refractivity contribution in [2.45, 2.75) is 5.16 Å². The zero-order chi connectivity index (χ0) is 19.5. The molecular formula is C19H17N5O3S. The maximum Gasteiger partial charge on any atom is 0.234 e. The predicted molar refractivity (Wildman–Crippen MR) is 108 cm³/mol. The molecule has 0 aliphatic rings. The van der Waals surface area contributed by atoms with Crippen LogP contribution in [0.25, 0.3) is 22.1 Å². The summed E-state index contributed by atoms with van der Waals surface area (Å²) in [5, 5.41) is 12.6. The summed E-state index contributed by atoms with van der Waals surface area (Å²) in [6, 6.07) is 13.0. The minimum Gasteiger partial charge on any atom is -0.497 e. The second-order valence-corrected chi connectivity index (χ2v) is 6.81. The summed E-state index contributed by atoms with van der Waals surface area (Å²) < 4.78 is 10.4. The monoisotopic (exact) mass is 395 g/mol. The topological polar surface area (TPSA) is 102 Å². The molecule has 0 aliphatic heterocycles. The molecule has 142 valence electrons. The molecule has 0 aliphatic carbocycles. The van der Waals surface area contributed by atoms with Crippen LogP contribution in [0.4, 0.5) is 5.69 Å². The van der Waals surface area contributed by atoms with Crippen LogP contribution in [0, 0.1) is 0 Å². The van der Waals surface area contributed by atoms with Crippen LogP contribution in [0.3, 0.4) is 0 Å². The Morgan fingerprint density at radius 2 is 2.00 bits per heavy atom. The number of carbonyl (C=O) groups is 1. The first-order chi connectivity index (χ1) is 13.7. The summed E-state index contributed by atoms with van der Waals surface area (Å²) >= 11 is 1.21. The van der Waals surface area contributed by atoms with Crippen molar-refractivity contribution in [2.24, 2.45) is 0 Å². The van der Waals surface area contributed by atoms with Crippen molar-refractivity contribution in [1.82, 2.24) is 20.2 Å². The number of para-hydroxylation sites is 1. The van der Waals surface area contributed by atoms with Crippen molar-refractivity contribution < 1.29 is 14.3 Å². The van der Waals surface area contributed by atoms with E-state index in [0.717, 1.165) is 10.9 Å². The van der Waals surface area contributed by atoms with Gasteiger partial charge in [0.2, 0.25) is 11.1 Å². The molecule has 28 heavy (non-hydrogen) atoms. The highest BCUT2D eigenvalue weighted by Gasteiger charge is 2.12. The highest BCUT2D eigenvalue weighted by atomic mass is 32.2. The Labute approximate surface area is 164 Å². The number of benzene rings is 2. The van der Waals surface area contributed by atoms with Crippen LogP contribution in [-0.4, -0.2) is 46.0 Å². The number of aromatic nitrogens is 4. The Morgan fingerprint density at radius 1 is 1.14 bits per heavy atom. The van der Waals surface area contributed by atoms with E-state index in [1.807, 2.05) is 24.3 Å². The number of rotatable bonds is 6. The zero-order valence-electron chi connectivity index (χ0n) is 15.2. The average molecular weight is 395 g/mol. The van der Waals surface area contributed by atoms with E-state index in [-0.39, 0.29) is 11.7 Å². The minimum absolute atomic E-state index is 0.141. The fourth-order valence-corrected chi connectivity index (χ4v) is 3.37. The van der Waals surface area contributed by atoms with Crippen molar-refractivity contribution >= 4 is 45.4 Å². The number of amides is 1.